The molecule has 0 aliphatic carbocycles. The van der Waals surface area contributed by atoms with Gasteiger partial charge in [-0.25, -0.2) is 4.79 Å². The van der Waals surface area contributed by atoms with Crippen molar-refractivity contribution in [1.82, 2.24) is 4.98 Å². The third kappa shape index (κ3) is 3.78. The molecule has 0 bridgehead atoms. The van der Waals surface area contributed by atoms with Crippen LogP contribution in [0.15, 0.2) is 47.4 Å². The van der Waals surface area contributed by atoms with E-state index < -0.39 is 12.1 Å². The SMILES string of the molecule is Cc1[nH]c2ccccc2c1C(=O)[C@H](C)OC(=O)c1ccc2c(c1)NC(=O)CCS2. The standard InChI is InChI=1S/C22H20N2O4S/c1-12-20(15-5-3-4-6-16(15)23-12)21(26)13(2)28-22(27)14-7-8-18-17(11-14)24-19(25)9-10-29-18/h3-8,11,13,23H,9-10H2,1-2H3,(H,24,25)/t13-/m0/s1. The number of carbonyl (C=O) groups excluding carboxylic acids is 3. The lowest BCUT2D eigenvalue weighted by Gasteiger charge is -2.14. The first-order valence-electron chi connectivity index (χ1n) is 9.33. The summed E-state index contributed by atoms with van der Waals surface area (Å²) in [5, 5.41) is 3.61. The van der Waals surface area contributed by atoms with Gasteiger partial charge < -0.3 is 15.0 Å². The Bertz CT molecular complexity index is 1140. The van der Waals surface area contributed by atoms with Gasteiger partial charge in [-0.15, -0.1) is 11.8 Å². The van der Waals surface area contributed by atoms with Gasteiger partial charge in [0.1, 0.15) is 0 Å². The number of aryl methyl sites for hydroxylation is 1. The lowest BCUT2D eigenvalue weighted by atomic mass is 10.0. The molecule has 0 radical (unpaired) electrons. The van der Waals surface area contributed by atoms with Crippen molar-refractivity contribution in [2.75, 3.05) is 11.1 Å². The van der Waals surface area contributed by atoms with E-state index in [0.29, 0.717) is 29.0 Å². The number of ether oxygens (including phenoxy) is 1. The predicted molar refractivity (Wildman–Crippen MR) is 113 cm³/mol. The maximum atomic E-state index is 13.0. The number of ketones is 1. The van der Waals surface area contributed by atoms with Crippen molar-refractivity contribution in [3.63, 3.8) is 0 Å². The number of anilines is 1. The maximum Gasteiger partial charge on any atom is 0.338 e. The smallest absolute Gasteiger partial charge is 0.338 e. The summed E-state index contributed by atoms with van der Waals surface area (Å²) in [7, 11) is 0. The molecule has 0 saturated heterocycles. The normalized spacial score (nSPS) is 14.6. The van der Waals surface area contributed by atoms with Gasteiger partial charge in [-0.2, -0.15) is 0 Å². The van der Waals surface area contributed by atoms with Crippen molar-refractivity contribution in [3.8, 4) is 0 Å². The molecule has 6 nitrogen and oxygen atoms in total. The van der Waals surface area contributed by atoms with Crippen LogP contribution in [0, 0.1) is 6.92 Å². The molecule has 1 amide bonds. The molecule has 3 aromatic rings. The first-order valence-corrected chi connectivity index (χ1v) is 10.3. The van der Waals surface area contributed by atoms with E-state index in [-0.39, 0.29) is 11.7 Å². The number of aromatic nitrogens is 1. The summed E-state index contributed by atoms with van der Waals surface area (Å²) in [5.41, 5.74) is 3.03. The molecule has 0 fully saturated rings. The number of aromatic amines is 1. The molecule has 2 heterocycles. The van der Waals surface area contributed by atoms with E-state index in [1.54, 1.807) is 36.9 Å². The largest absolute Gasteiger partial charge is 0.451 e. The van der Waals surface area contributed by atoms with Gasteiger partial charge >= 0.3 is 5.97 Å². The van der Waals surface area contributed by atoms with Gasteiger partial charge in [0.25, 0.3) is 0 Å². The van der Waals surface area contributed by atoms with Gasteiger partial charge in [0, 0.05) is 39.2 Å². The van der Waals surface area contributed by atoms with Crippen molar-refractivity contribution in [1.29, 1.82) is 0 Å². The van der Waals surface area contributed by atoms with Crippen LogP contribution in [0.2, 0.25) is 0 Å². The minimum atomic E-state index is -0.941. The summed E-state index contributed by atoms with van der Waals surface area (Å²) < 4.78 is 5.45. The van der Waals surface area contributed by atoms with Gasteiger partial charge in [0.2, 0.25) is 11.7 Å². The summed E-state index contributed by atoms with van der Waals surface area (Å²) in [6.07, 6.45) is -0.516. The number of hydrogen-bond donors (Lipinski definition) is 2. The Morgan fingerprint density at radius 1 is 1.17 bits per heavy atom. The van der Waals surface area contributed by atoms with E-state index in [4.69, 9.17) is 4.74 Å². The molecular weight excluding hydrogens is 388 g/mol. The Morgan fingerprint density at radius 3 is 2.79 bits per heavy atom. The number of nitrogens with one attached hydrogen (secondary N) is 2. The average Bonchev–Trinajstić information content (AvgIpc) is 2.91. The van der Waals surface area contributed by atoms with Crippen molar-refractivity contribution in [2.45, 2.75) is 31.3 Å². The quantitative estimate of drug-likeness (QED) is 0.495. The fraction of sp³-hybridized carbons (Fsp3) is 0.227. The summed E-state index contributed by atoms with van der Waals surface area (Å²) in [5.74, 6) is -0.250. The van der Waals surface area contributed by atoms with Crippen LogP contribution in [0.25, 0.3) is 10.9 Å². The van der Waals surface area contributed by atoms with Crippen LogP contribution >= 0.6 is 11.8 Å². The van der Waals surface area contributed by atoms with Gasteiger partial charge in [0.05, 0.1) is 11.3 Å². The molecular formula is C22H20N2O4S. The number of benzene rings is 2. The second-order valence-electron chi connectivity index (χ2n) is 6.94. The zero-order valence-corrected chi connectivity index (χ0v) is 16.9. The van der Waals surface area contributed by atoms with E-state index in [1.807, 2.05) is 31.2 Å². The van der Waals surface area contributed by atoms with Crippen LogP contribution in [0.3, 0.4) is 0 Å². The van der Waals surface area contributed by atoms with Crippen molar-refractivity contribution in [3.05, 3.63) is 59.3 Å². The summed E-state index contributed by atoms with van der Waals surface area (Å²) in [6, 6.07) is 12.6. The minimum Gasteiger partial charge on any atom is -0.451 e. The summed E-state index contributed by atoms with van der Waals surface area (Å²) >= 11 is 1.56. The number of amides is 1. The highest BCUT2D eigenvalue weighted by molar-refractivity contribution is 7.99. The summed E-state index contributed by atoms with van der Waals surface area (Å²) in [4.78, 5) is 41.5. The van der Waals surface area contributed by atoms with E-state index in [2.05, 4.69) is 10.3 Å². The first-order chi connectivity index (χ1) is 13.9. The maximum absolute atomic E-state index is 13.0. The Kier molecular flexibility index (Phi) is 5.15. The molecule has 0 saturated carbocycles. The molecule has 1 atom stereocenters. The fourth-order valence-corrected chi connectivity index (χ4v) is 4.36. The first kappa shape index (κ1) is 19.3. The molecule has 1 aliphatic heterocycles. The highest BCUT2D eigenvalue weighted by atomic mass is 32.2. The van der Waals surface area contributed by atoms with Crippen LogP contribution in [-0.2, 0) is 9.53 Å². The van der Waals surface area contributed by atoms with E-state index in [9.17, 15) is 14.4 Å². The Hall–Kier alpha value is -3.06. The highest BCUT2D eigenvalue weighted by Crippen LogP contribution is 2.32. The van der Waals surface area contributed by atoms with Crippen molar-refractivity contribution < 1.29 is 19.1 Å². The van der Waals surface area contributed by atoms with Crippen molar-refractivity contribution >= 4 is 46.0 Å². The molecule has 7 heteroatoms. The minimum absolute atomic E-state index is 0.0832. The second-order valence-corrected chi connectivity index (χ2v) is 8.08. The fourth-order valence-electron chi connectivity index (χ4n) is 3.43. The van der Waals surface area contributed by atoms with Crippen LogP contribution in [-0.4, -0.2) is 34.5 Å². The van der Waals surface area contributed by atoms with Crippen LogP contribution < -0.4 is 5.32 Å². The molecule has 0 spiro atoms. The molecule has 4 rings (SSSR count). The average molecular weight is 408 g/mol. The number of H-pyrrole nitrogens is 1. The van der Waals surface area contributed by atoms with Crippen LogP contribution in [0.5, 0.6) is 0 Å². The van der Waals surface area contributed by atoms with Gasteiger partial charge in [-0.3, -0.25) is 9.59 Å². The Balaban J connectivity index is 1.54. The molecule has 148 valence electrons. The molecule has 29 heavy (non-hydrogen) atoms. The Labute approximate surface area is 172 Å². The number of Topliss-reactive ketones (excluding diaryl/α,β-unsaturated/α-hetero) is 1. The molecule has 0 unspecified atom stereocenters. The predicted octanol–water partition coefficient (Wildman–Crippen LogP) is 4.34. The van der Waals surface area contributed by atoms with Gasteiger partial charge in [-0.05, 0) is 38.1 Å². The topological polar surface area (TPSA) is 88.3 Å². The van der Waals surface area contributed by atoms with Crippen LogP contribution in [0.1, 0.15) is 39.8 Å². The highest BCUT2D eigenvalue weighted by Gasteiger charge is 2.25. The Morgan fingerprint density at radius 2 is 1.97 bits per heavy atom. The molecule has 2 aromatic carbocycles. The lowest BCUT2D eigenvalue weighted by Crippen LogP contribution is -2.25. The number of hydrogen-bond acceptors (Lipinski definition) is 5. The lowest BCUT2D eigenvalue weighted by molar-refractivity contribution is -0.115. The number of thioether (sulfide) groups is 1. The zero-order valence-electron chi connectivity index (χ0n) is 16.1. The van der Waals surface area contributed by atoms with Crippen LogP contribution in [0.4, 0.5) is 5.69 Å². The van der Waals surface area contributed by atoms with E-state index in [0.717, 1.165) is 21.5 Å². The number of rotatable bonds is 4. The number of esters is 1. The number of fused-ring (bicyclic) bond motifs is 2. The van der Waals surface area contributed by atoms with Crippen molar-refractivity contribution in [2.24, 2.45) is 0 Å². The second kappa shape index (κ2) is 7.75. The summed E-state index contributed by atoms with van der Waals surface area (Å²) in [6.45, 7) is 3.40. The third-order valence-electron chi connectivity index (χ3n) is 4.87. The van der Waals surface area contributed by atoms with E-state index in [1.165, 1.54) is 0 Å². The number of carbonyl (C=O) groups is 3. The van der Waals surface area contributed by atoms with E-state index >= 15 is 0 Å². The monoisotopic (exact) mass is 408 g/mol. The molecule has 1 aromatic heterocycles. The van der Waals surface area contributed by atoms with Gasteiger partial charge in [0.15, 0.2) is 6.10 Å². The number of para-hydroxylation sites is 1. The zero-order chi connectivity index (χ0) is 20.5. The third-order valence-corrected chi connectivity index (χ3v) is 5.94. The van der Waals surface area contributed by atoms with Gasteiger partial charge in [-0.1, -0.05) is 18.2 Å². The molecule has 1 aliphatic rings. The molecule has 2 N–H and O–H groups in total.